The van der Waals surface area contributed by atoms with E-state index in [-0.39, 0.29) is 11.7 Å². The molecule has 2 aromatic carbocycles. The molecule has 3 heterocycles. The van der Waals surface area contributed by atoms with Gasteiger partial charge in [-0.2, -0.15) is 0 Å². The maximum Gasteiger partial charge on any atom is 0.248 e. The third-order valence-electron chi connectivity index (χ3n) is 6.23. The van der Waals surface area contributed by atoms with Crippen LogP contribution in [0, 0.1) is 0 Å². The number of primary amides is 1. The average Bonchev–Trinajstić information content (AvgIpc) is 3.12. The standard InChI is InChI=1S/C27H29N3O3/c1-27(2)15-21-13-18(9-10-24(21)33-27)16-30-11-12-32-25(17-30)23-8-4-7-22(29-23)19-5-3-6-20(14-19)26(28)31/h3-10,13-14,25H,11-12,15-17H2,1-2H3,(H2,28,31). The van der Waals surface area contributed by atoms with Crippen LogP contribution in [0.4, 0.5) is 0 Å². The van der Waals surface area contributed by atoms with E-state index in [0.717, 1.165) is 48.8 Å². The van der Waals surface area contributed by atoms with E-state index in [0.29, 0.717) is 12.2 Å². The van der Waals surface area contributed by atoms with Crippen molar-refractivity contribution in [3.05, 3.63) is 83.0 Å². The largest absolute Gasteiger partial charge is 0.487 e. The average molecular weight is 444 g/mol. The fourth-order valence-corrected chi connectivity index (χ4v) is 4.67. The predicted molar refractivity (Wildman–Crippen MR) is 127 cm³/mol. The third-order valence-corrected chi connectivity index (χ3v) is 6.23. The van der Waals surface area contributed by atoms with Crippen LogP contribution in [0.1, 0.15) is 47.1 Å². The van der Waals surface area contributed by atoms with Gasteiger partial charge in [0.1, 0.15) is 17.5 Å². The molecule has 3 aromatic rings. The number of pyridine rings is 1. The van der Waals surface area contributed by atoms with E-state index < -0.39 is 5.91 Å². The van der Waals surface area contributed by atoms with E-state index in [4.69, 9.17) is 20.2 Å². The number of ether oxygens (including phenoxy) is 2. The number of rotatable bonds is 5. The molecule has 1 aromatic heterocycles. The van der Waals surface area contributed by atoms with E-state index >= 15 is 0 Å². The van der Waals surface area contributed by atoms with Crippen molar-refractivity contribution in [1.82, 2.24) is 9.88 Å². The molecule has 2 aliphatic rings. The molecule has 6 nitrogen and oxygen atoms in total. The van der Waals surface area contributed by atoms with Crippen LogP contribution in [0.3, 0.4) is 0 Å². The van der Waals surface area contributed by atoms with E-state index in [2.05, 4.69) is 36.9 Å². The van der Waals surface area contributed by atoms with Crippen LogP contribution in [0.5, 0.6) is 5.75 Å². The fraction of sp³-hybridized carbons (Fsp3) is 0.333. The number of hydrogen-bond donors (Lipinski definition) is 1. The summed E-state index contributed by atoms with van der Waals surface area (Å²) in [7, 11) is 0. The van der Waals surface area contributed by atoms with Crippen molar-refractivity contribution in [3.63, 3.8) is 0 Å². The van der Waals surface area contributed by atoms with Gasteiger partial charge in [0, 0.05) is 37.2 Å². The van der Waals surface area contributed by atoms with Gasteiger partial charge >= 0.3 is 0 Å². The molecule has 0 aliphatic carbocycles. The number of carbonyl (C=O) groups is 1. The Labute approximate surface area is 194 Å². The molecule has 0 bridgehead atoms. The predicted octanol–water partition coefficient (Wildman–Crippen LogP) is 4.13. The number of aromatic nitrogens is 1. The second-order valence-electron chi connectivity index (χ2n) is 9.47. The smallest absolute Gasteiger partial charge is 0.248 e. The zero-order chi connectivity index (χ0) is 23.0. The van der Waals surface area contributed by atoms with Crippen LogP contribution >= 0.6 is 0 Å². The molecule has 2 aliphatic heterocycles. The summed E-state index contributed by atoms with van der Waals surface area (Å²) in [6.45, 7) is 7.45. The van der Waals surface area contributed by atoms with Gasteiger partial charge in [0.15, 0.2) is 0 Å². The van der Waals surface area contributed by atoms with Crippen molar-refractivity contribution in [3.8, 4) is 17.0 Å². The molecule has 1 amide bonds. The summed E-state index contributed by atoms with van der Waals surface area (Å²) in [6.07, 6.45) is 0.838. The van der Waals surface area contributed by atoms with Crippen LogP contribution in [-0.4, -0.2) is 41.1 Å². The minimum Gasteiger partial charge on any atom is -0.487 e. The summed E-state index contributed by atoms with van der Waals surface area (Å²) in [5.74, 6) is 0.561. The normalized spacial score (nSPS) is 19.6. The molecule has 0 saturated carbocycles. The van der Waals surface area contributed by atoms with Crippen LogP contribution in [0.15, 0.2) is 60.7 Å². The van der Waals surface area contributed by atoms with E-state index in [1.54, 1.807) is 12.1 Å². The number of hydrogen-bond acceptors (Lipinski definition) is 5. The van der Waals surface area contributed by atoms with Gasteiger partial charge in [0.2, 0.25) is 5.91 Å². The number of nitrogens with two attached hydrogens (primary N) is 1. The van der Waals surface area contributed by atoms with Crippen LogP contribution in [0.2, 0.25) is 0 Å². The zero-order valence-electron chi connectivity index (χ0n) is 19.1. The maximum atomic E-state index is 11.5. The molecule has 5 rings (SSSR count). The van der Waals surface area contributed by atoms with Crippen LogP contribution in [-0.2, 0) is 17.7 Å². The molecule has 1 saturated heterocycles. The number of morpholine rings is 1. The molecule has 1 unspecified atom stereocenters. The first-order valence-electron chi connectivity index (χ1n) is 11.4. The highest BCUT2D eigenvalue weighted by atomic mass is 16.5. The Morgan fingerprint density at radius 2 is 2.00 bits per heavy atom. The van der Waals surface area contributed by atoms with E-state index in [1.807, 2.05) is 30.3 Å². The molecule has 2 N–H and O–H groups in total. The highest BCUT2D eigenvalue weighted by Crippen LogP contribution is 2.35. The summed E-state index contributed by atoms with van der Waals surface area (Å²) < 4.78 is 12.1. The van der Waals surface area contributed by atoms with Crippen molar-refractivity contribution in [1.29, 1.82) is 0 Å². The van der Waals surface area contributed by atoms with Crippen molar-refractivity contribution < 1.29 is 14.3 Å². The summed E-state index contributed by atoms with van der Waals surface area (Å²) in [5.41, 5.74) is 10.9. The van der Waals surface area contributed by atoms with Crippen molar-refractivity contribution in [2.24, 2.45) is 5.73 Å². The molecule has 1 fully saturated rings. The summed E-state index contributed by atoms with van der Waals surface area (Å²) >= 11 is 0. The first kappa shape index (κ1) is 21.6. The number of carbonyl (C=O) groups excluding carboxylic acids is 1. The first-order chi connectivity index (χ1) is 15.9. The lowest BCUT2D eigenvalue weighted by Crippen LogP contribution is -2.38. The lowest BCUT2D eigenvalue weighted by molar-refractivity contribution is -0.0349. The lowest BCUT2D eigenvalue weighted by Gasteiger charge is -2.32. The number of benzene rings is 2. The number of fused-ring (bicyclic) bond motifs is 1. The van der Waals surface area contributed by atoms with Gasteiger partial charge < -0.3 is 15.2 Å². The number of nitrogens with zero attached hydrogens (tertiary/aromatic N) is 2. The van der Waals surface area contributed by atoms with Crippen molar-refractivity contribution in [2.45, 2.75) is 38.5 Å². The minimum atomic E-state index is -0.444. The monoisotopic (exact) mass is 443 g/mol. The third kappa shape index (κ3) is 4.77. The van der Waals surface area contributed by atoms with Crippen LogP contribution < -0.4 is 10.5 Å². The lowest BCUT2D eigenvalue weighted by atomic mass is 10.00. The van der Waals surface area contributed by atoms with E-state index in [9.17, 15) is 4.79 Å². The van der Waals surface area contributed by atoms with Gasteiger partial charge in [-0.15, -0.1) is 0 Å². The molecule has 1 atom stereocenters. The zero-order valence-corrected chi connectivity index (χ0v) is 19.1. The minimum absolute atomic E-state index is 0.102. The summed E-state index contributed by atoms with van der Waals surface area (Å²) in [5, 5.41) is 0. The first-order valence-corrected chi connectivity index (χ1v) is 11.4. The Balaban J connectivity index is 1.30. The Kier molecular flexibility index (Phi) is 5.64. The molecule has 0 radical (unpaired) electrons. The molecule has 33 heavy (non-hydrogen) atoms. The molecular weight excluding hydrogens is 414 g/mol. The highest BCUT2D eigenvalue weighted by Gasteiger charge is 2.30. The summed E-state index contributed by atoms with van der Waals surface area (Å²) in [6, 6.07) is 19.7. The second kappa shape index (κ2) is 8.61. The van der Waals surface area contributed by atoms with Crippen molar-refractivity contribution >= 4 is 5.91 Å². The molecular formula is C27H29N3O3. The topological polar surface area (TPSA) is 77.7 Å². The Morgan fingerprint density at radius 3 is 2.85 bits per heavy atom. The van der Waals surface area contributed by atoms with Gasteiger partial charge in [-0.3, -0.25) is 14.7 Å². The van der Waals surface area contributed by atoms with Crippen molar-refractivity contribution in [2.75, 3.05) is 19.7 Å². The second-order valence-corrected chi connectivity index (χ2v) is 9.47. The van der Waals surface area contributed by atoms with Gasteiger partial charge in [-0.25, -0.2) is 0 Å². The van der Waals surface area contributed by atoms with Gasteiger partial charge in [-0.1, -0.05) is 30.3 Å². The Morgan fingerprint density at radius 1 is 1.15 bits per heavy atom. The highest BCUT2D eigenvalue weighted by molar-refractivity contribution is 5.94. The molecule has 0 spiro atoms. The summed E-state index contributed by atoms with van der Waals surface area (Å²) in [4.78, 5) is 18.8. The molecule has 6 heteroatoms. The van der Waals surface area contributed by atoms with Gasteiger partial charge in [0.05, 0.1) is 18.0 Å². The quantitative estimate of drug-likeness (QED) is 0.641. The van der Waals surface area contributed by atoms with Crippen LogP contribution in [0.25, 0.3) is 11.3 Å². The van der Waals surface area contributed by atoms with E-state index in [1.165, 1.54) is 11.1 Å². The fourth-order valence-electron chi connectivity index (χ4n) is 4.67. The Hall–Kier alpha value is -3.22. The maximum absolute atomic E-state index is 11.5. The van der Waals surface area contributed by atoms with Gasteiger partial charge in [-0.05, 0) is 55.3 Å². The number of amides is 1. The van der Waals surface area contributed by atoms with Gasteiger partial charge in [0.25, 0.3) is 0 Å². The Bertz CT molecular complexity index is 1190. The SMILES string of the molecule is CC1(C)Cc2cc(CN3CCOC(c4cccc(-c5cccc(C(N)=O)c5)n4)C3)ccc2O1. The molecule has 170 valence electrons.